The summed E-state index contributed by atoms with van der Waals surface area (Å²) in [6, 6.07) is 4.61. The topological polar surface area (TPSA) is 73.6 Å². The van der Waals surface area contributed by atoms with Crippen molar-refractivity contribution in [3.05, 3.63) is 11.9 Å². The SMILES string of the molecule is Cc1nc(NC2CCCC2)cc(NC(C)(C)C#N)n1. The molecule has 0 aromatic carbocycles. The minimum atomic E-state index is -0.634. The molecule has 1 aromatic rings. The summed E-state index contributed by atoms with van der Waals surface area (Å²) in [5.74, 6) is 2.24. The Kier molecular flexibility index (Phi) is 3.89. The quantitative estimate of drug-likeness (QED) is 0.869. The molecular weight excluding hydrogens is 238 g/mol. The van der Waals surface area contributed by atoms with Gasteiger partial charge >= 0.3 is 0 Å². The van der Waals surface area contributed by atoms with E-state index in [-0.39, 0.29) is 0 Å². The number of nitriles is 1. The number of hydrogen-bond acceptors (Lipinski definition) is 5. The standard InChI is InChI=1S/C14H21N5/c1-10-16-12(18-11-6-4-5-7-11)8-13(17-10)19-14(2,3)9-15/h8,11H,4-7H2,1-3H3,(H2,16,17,18,19). The van der Waals surface area contributed by atoms with Gasteiger partial charge in [0.05, 0.1) is 6.07 Å². The highest BCUT2D eigenvalue weighted by Gasteiger charge is 2.19. The summed E-state index contributed by atoms with van der Waals surface area (Å²) in [6.07, 6.45) is 4.98. The van der Waals surface area contributed by atoms with E-state index < -0.39 is 5.54 Å². The molecule has 5 nitrogen and oxygen atoms in total. The Morgan fingerprint density at radius 1 is 1.26 bits per heavy atom. The number of anilines is 2. The third kappa shape index (κ3) is 3.82. The van der Waals surface area contributed by atoms with Crippen LogP contribution in [-0.4, -0.2) is 21.5 Å². The van der Waals surface area contributed by atoms with Crippen molar-refractivity contribution in [1.82, 2.24) is 9.97 Å². The number of aryl methyl sites for hydroxylation is 1. The Morgan fingerprint density at radius 3 is 2.53 bits per heavy atom. The van der Waals surface area contributed by atoms with Crippen LogP contribution in [0.15, 0.2) is 6.07 Å². The fourth-order valence-electron chi connectivity index (χ4n) is 2.33. The zero-order valence-corrected chi connectivity index (χ0v) is 11.8. The Labute approximate surface area is 114 Å². The summed E-state index contributed by atoms with van der Waals surface area (Å²) in [7, 11) is 0. The molecule has 0 saturated heterocycles. The molecule has 1 aromatic heterocycles. The van der Waals surface area contributed by atoms with Gasteiger partial charge in [-0.1, -0.05) is 12.8 Å². The van der Waals surface area contributed by atoms with E-state index >= 15 is 0 Å². The van der Waals surface area contributed by atoms with Crippen LogP contribution in [0.4, 0.5) is 11.6 Å². The molecule has 0 amide bonds. The molecule has 1 aliphatic rings. The van der Waals surface area contributed by atoms with E-state index in [9.17, 15) is 0 Å². The second-order valence-electron chi connectivity index (χ2n) is 5.67. The largest absolute Gasteiger partial charge is 0.367 e. The minimum Gasteiger partial charge on any atom is -0.367 e. The molecule has 0 unspecified atom stereocenters. The molecular formula is C14H21N5. The van der Waals surface area contributed by atoms with Crippen molar-refractivity contribution in [1.29, 1.82) is 5.26 Å². The van der Waals surface area contributed by atoms with E-state index in [2.05, 4.69) is 26.7 Å². The van der Waals surface area contributed by atoms with E-state index in [1.807, 2.05) is 26.8 Å². The fourth-order valence-corrected chi connectivity index (χ4v) is 2.33. The van der Waals surface area contributed by atoms with Crippen LogP contribution in [0, 0.1) is 18.3 Å². The molecule has 5 heteroatoms. The summed E-state index contributed by atoms with van der Waals surface area (Å²) >= 11 is 0. The van der Waals surface area contributed by atoms with Gasteiger partial charge in [0.2, 0.25) is 0 Å². The average Bonchev–Trinajstić information content (AvgIpc) is 2.80. The van der Waals surface area contributed by atoms with Gasteiger partial charge in [0.25, 0.3) is 0 Å². The molecule has 1 heterocycles. The van der Waals surface area contributed by atoms with Gasteiger partial charge in [-0.05, 0) is 33.6 Å². The van der Waals surface area contributed by atoms with Crippen LogP contribution in [0.3, 0.4) is 0 Å². The molecule has 1 saturated carbocycles. The van der Waals surface area contributed by atoms with Crippen molar-refractivity contribution >= 4 is 11.6 Å². The highest BCUT2D eigenvalue weighted by atomic mass is 15.1. The summed E-state index contributed by atoms with van der Waals surface area (Å²) in [5.41, 5.74) is -0.634. The third-order valence-electron chi connectivity index (χ3n) is 3.27. The lowest BCUT2D eigenvalue weighted by molar-refractivity contribution is 0.719. The van der Waals surface area contributed by atoms with Gasteiger partial charge in [-0.3, -0.25) is 0 Å². The van der Waals surface area contributed by atoms with Crippen LogP contribution in [0.2, 0.25) is 0 Å². The molecule has 102 valence electrons. The summed E-state index contributed by atoms with van der Waals surface area (Å²) in [4.78, 5) is 8.74. The zero-order chi connectivity index (χ0) is 13.9. The maximum Gasteiger partial charge on any atom is 0.133 e. The Morgan fingerprint density at radius 2 is 1.89 bits per heavy atom. The number of hydrogen-bond donors (Lipinski definition) is 2. The van der Waals surface area contributed by atoms with Gasteiger partial charge < -0.3 is 10.6 Å². The van der Waals surface area contributed by atoms with Gasteiger partial charge in [0.15, 0.2) is 0 Å². The molecule has 1 aliphatic carbocycles. The van der Waals surface area contributed by atoms with Crippen LogP contribution in [0.5, 0.6) is 0 Å². The molecule has 0 bridgehead atoms. The van der Waals surface area contributed by atoms with E-state index in [0.29, 0.717) is 17.7 Å². The predicted molar refractivity (Wildman–Crippen MR) is 76.0 cm³/mol. The average molecular weight is 259 g/mol. The molecule has 0 aliphatic heterocycles. The maximum absolute atomic E-state index is 9.05. The summed E-state index contributed by atoms with van der Waals surface area (Å²) < 4.78 is 0. The molecule has 19 heavy (non-hydrogen) atoms. The van der Waals surface area contributed by atoms with Gasteiger partial charge in [0.1, 0.15) is 23.0 Å². The van der Waals surface area contributed by atoms with Crippen LogP contribution in [0.1, 0.15) is 45.4 Å². The lowest BCUT2D eigenvalue weighted by Crippen LogP contribution is -2.29. The fraction of sp³-hybridized carbons (Fsp3) is 0.643. The van der Waals surface area contributed by atoms with Crippen LogP contribution in [-0.2, 0) is 0 Å². The second-order valence-corrected chi connectivity index (χ2v) is 5.67. The molecule has 0 radical (unpaired) electrons. The molecule has 1 fully saturated rings. The second kappa shape index (κ2) is 5.43. The minimum absolute atomic E-state index is 0.520. The van der Waals surface area contributed by atoms with Crippen molar-refractivity contribution in [3.8, 4) is 6.07 Å². The Balaban J connectivity index is 2.12. The lowest BCUT2D eigenvalue weighted by Gasteiger charge is -2.20. The van der Waals surface area contributed by atoms with Crippen LogP contribution < -0.4 is 10.6 Å². The predicted octanol–water partition coefficient (Wildman–Crippen LogP) is 2.85. The number of nitrogens with zero attached hydrogens (tertiary/aromatic N) is 3. The van der Waals surface area contributed by atoms with Crippen LogP contribution in [0.25, 0.3) is 0 Å². The van der Waals surface area contributed by atoms with Gasteiger partial charge in [-0.2, -0.15) is 5.26 Å². The van der Waals surface area contributed by atoms with Gasteiger partial charge in [-0.15, -0.1) is 0 Å². The van der Waals surface area contributed by atoms with Crippen LogP contribution >= 0.6 is 0 Å². The van der Waals surface area contributed by atoms with Crippen molar-refractivity contribution in [2.45, 2.75) is 58.0 Å². The highest BCUT2D eigenvalue weighted by Crippen LogP contribution is 2.23. The van der Waals surface area contributed by atoms with E-state index in [4.69, 9.17) is 5.26 Å². The smallest absolute Gasteiger partial charge is 0.133 e. The first-order valence-corrected chi connectivity index (χ1v) is 6.80. The summed E-state index contributed by atoms with van der Waals surface area (Å²) in [5, 5.41) is 15.6. The number of aromatic nitrogens is 2. The summed E-state index contributed by atoms with van der Waals surface area (Å²) in [6.45, 7) is 5.52. The highest BCUT2D eigenvalue weighted by molar-refractivity contribution is 5.50. The third-order valence-corrected chi connectivity index (χ3v) is 3.27. The van der Waals surface area contributed by atoms with E-state index in [0.717, 1.165) is 5.82 Å². The van der Waals surface area contributed by atoms with Crippen molar-refractivity contribution in [2.75, 3.05) is 10.6 Å². The van der Waals surface area contributed by atoms with Crippen molar-refractivity contribution in [2.24, 2.45) is 0 Å². The first-order valence-electron chi connectivity index (χ1n) is 6.80. The number of nitrogens with one attached hydrogen (secondary N) is 2. The lowest BCUT2D eigenvalue weighted by atomic mass is 10.1. The van der Waals surface area contributed by atoms with Crippen molar-refractivity contribution in [3.63, 3.8) is 0 Å². The first-order chi connectivity index (χ1) is 8.98. The maximum atomic E-state index is 9.05. The normalized spacial score (nSPS) is 16.1. The Hall–Kier alpha value is -1.83. The molecule has 0 spiro atoms. The Bertz CT molecular complexity index is 483. The van der Waals surface area contributed by atoms with E-state index in [1.54, 1.807) is 0 Å². The van der Waals surface area contributed by atoms with Crippen molar-refractivity contribution < 1.29 is 0 Å². The van der Waals surface area contributed by atoms with Gasteiger partial charge in [-0.25, -0.2) is 9.97 Å². The molecule has 0 atom stereocenters. The zero-order valence-electron chi connectivity index (χ0n) is 11.8. The van der Waals surface area contributed by atoms with E-state index in [1.165, 1.54) is 25.7 Å². The molecule has 2 N–H and O–H groups in total. The molecule has 2 rings (SSSR count). The number of rotatable bonds is 4. The van der Waals surface area contributed by atoms with Gasteiger partial charge in [0, 0.05) is 12.1 Å². The first kappa shape index (κ1) is 13.6. The monoisotopic (exact) mass is 259 g/mol.